The fraction of sp³-hybridized carbons (Fsp3) is 0.450. The zero-order valence-corrected chi connectivity index (χ0v) is 17.4. The Kier molecular flexibility index (Phi) is 7.95. The molecule has 8 nitrogen and oxygen atoms in total. The molecule has 29 heavy (non-hydrogen) atoms. The number of nitrogens with zero attached hydrogens (tertiary/aromatic N) is 1. The number of hydrogen-bond acceptors (Lipinski definition) is 6. The summed E-state index contributed by atoms with van der Waals surface area (Å²) in [7, 11) is -3.14. The van der Waals surface area contributed by atoms with E-state index < -0.39 is 40.3 Å². The Hall–Kier alpha value is -2.68. The van der Waals surface area contributed by atoms with Crippen LogP contribution in [0.1, 0.15) is 32.3 Å². The van der Waals surface area contributed by atoms with Crippen molar-refractivity contribution in [2.75, 3.05) is 24.7 Å². The fourth-order valence-electron chi connectivity index (χ4n) is 3.11. The van der Waals surface area contributed by atoms with Crippen molar-refractivity contribution >= 4 is 33.7 Å². The van der Waals surface area contributed by atoms with Crippen LogP contribution in [0.3, 0.4) is 0 Å². The Bertz CT molecular complexity index is 879. The smallest absolute Gasteiger partial charge is 0.355 e. The van der Waals surface area contributed by atoms with Gasteiger partial charge in [-0.25, -0.2) is 13.2 Å². The molecule has 158 valence electrons. The minimum Gasteiger partial charge on any atom is -0.451 e. The third-order valence-corrected chi connectivity index (χ3v) is 6.15. The normalized spacial score (nSPS) is 18.1. The summed E-state index contributed by atoms with van der Waals surface area (Å²) in [5.41, 5.74) is 0.602. The first-order valence-corrected chi connectivity index (χ1v) is 11.3. The molecule has 1 fully saturated rings. The Morgan fingerprint density at radius 1 is 1.24 bits per heavy atom. The van der Waals surface area contributed by atoms with E-state index in [1.807, 2.05) is 13.0 Å². The van der Waals surface area contributed by atoms with Crippen molar-refractivity contribution in [3.8, 4) is 0 Å². The second-order valence-electron chi connectivity index (χ2n) is 6.87. The average molecular weight is 423 g/mol. The highest BCUT2D eigenvalue weighted by molar-refractivity contribution is 7.91. The van der Waals surface area contributed by atoms with Crippen molar-refractivity contribution in [3.63, 3.8) is 0 Å². The van der Waals surface area contributed by atoms with Crippen molar-refractivity contribution in [2.45, 2.75) is 32.7 Å². The number of rotatable bonds is 8. The summed E-state index contributed by atoms with van der Waals surface area (Å²) < 4.78 is 28.6. The SMILES string of the molecule is CCCN(C(=O)COC(=O)/C(=C/c1ccccc1)NC(C)=O)[C@H]1CCS(=O)(=O)C1. The highest BCUT2D eigenvalue weighted by Gasteiger charge is 2.34. The van der Waals surface area contributed by atoms with E-state index in [1.54, 1.807) is 24.3 Å². The van der Waals surface area contributed by atoms with Gasteiger partial charge in [0.1, 0.15) is 5.70 Å². The predicted molar refractivity (Wildman–Crippen MR) is 108 cm³/mol. The number of carbonyl (C=O) groups is 3. The van der Waals surface area contributed by atoms with E-state index >= 15 is 0 Å². The predicted octanol–water partition coefficient (Wildman–Crippen LogP) is 1.13. The van der Waals surface area contributed by atoms with Crippen molar-refractivity contribution in [1.29, 1.82) is 0 Å². The molecule has 0 unspecified atom stereocenters. The lowest BCUT2D eigenvalue weighted by Crippen LogP contribution is -2.44. The maximum Gasteiger partial charge on any atom is 0.355 e. The molecule has 2 amide bonds. The van der Waals surface area contributed by atoms with E-state index in [0.29, 0.717) is 24.9 Å². The molecule has 0 bridgehead atoms. The molecule has 0 spiro atoms. The van der Waals surface area contributed by atoms with Crippen LogP contribution in [0.25, 0.3) is 6.08 Å². The topological polar surface area (TPSA) is 110 Å². The molecular weight excluding hydrogens is 396 g/mol. The summed E-state index contributed by atoms with van der Waals surface area (Å²) >= 11 is 0. The van der Waals surface area contributed by atoms with Crippen molar-refractivity contribution in [1.82, 2.24) is 10.2 Å². The lowest BCUT2D eigenvalue weighted by Gasteiger charge is -2.27. The first-order chi connectivity index (χ1) is 13.7. The summed E-state index contributed by atoms with van der Waals surface area (Å²) in [6.45, 7) is 3.00. The second-order valence-corrected chi connectivity index (χ2v) is 9.10. The maximum absolute atomic E-state index is 12.6. The zero-order valence-electron chi connectivity index (χ0n) is 16.6. The van der Waals surface area contributed by atoms with E-state index in [9.17, 15) is 22.8 Å². The van der Waals surface area contributed by atoms with Crippen molar-refractivity contribution < 1.29 is 27.5 Å². The van der Waals surface area contributed by atoms with E-state index in [-0.39, 0.29) is 17.2 Å². The molecule has 1 N–H and O–H groups in total. The molecular formula is C20H26N2O6S. The highest BCUT2D eigenvalue weighted by atomic mass is 32.2. The van der Waals surface area contributed by atoms with Gasteiger partial charge in [0.05, 0.1) is 11.5 Å². The third kappa shape index (κ3) is 7.01. The van der Waals surface area contributed by atoms with Gasteiger partial charge >= 0.3 is 5.97 Å². The number of hydrogen-bond donors (Lipinski definition) is 1. The molecule has 9 heteroatoms. The van der Waals surface area contributed by atoms with Crippen LogP contribution in [-0.4, -0.2) is 61.8 Å². The number of benzene rings is 1. The van der Waals surface area contributed by atoms with Crippen LogP contribution >= 0.6 is 0 Å². The van der Waals surface area contributed by atoms with Gasteiger partial charge in [-0.2, -0.15) is 0 Å². The average Bonchev–Trinajstić information content (AvgIpc) is 3.03. The van der Waals surface area contributed by atoms with Crippen LogP contribution in [0.4, 0.5) is 0 Å². The molecule has 1 aliphatic rings. The number of sulfone groups is 1. The van der Waals surface area contributed by atoms with Gasteiger partial charge in [-0.3, -0.25) is 9.59 Å². The quantitative estimate of drug-likeness (QED) is 0.497. The molecule has 0 aromatic heterocycles. The number of nitrogens with one attached hydrogen (secondary N) is 1. The van der Waals surface area contributed by atoms with Crippen LogP contribution in [0, 0.1) is 0 Å². The van der Waals surface area contributed by atoms with Gasteiger partial charge in [-0.15, -0.1) is 0 Å². The van der Waals surface area contributed by atoms with Gasteiger partial charge in [0.15, 0.2) is 16.4 Å². The molecule has 2 rings (SSSR count). The highest BCUT2D eigenvalue weighted by Crippen LogP contribution is 2.18. The van der Waals surface area contributed by atoms with Crippen molar-refractivity contribution in [2.24, 2.45) is 0 Å². The molecule has 1 saturated heterocycles. The minimum absolute atomic E-state index is 0.0530. The zero-order chi connectivity index (χ0) is 21.4. The Labute approximate surface area is 170 Å². The van der Waals surface area contributed by atoms with Crippen LogP contribution < -0.4 is 5.32 Å². The first-order valence-electron chi connectivity index (χ1n) is 9.43. The summed E-state index contributed by atoms with van der Waals surface area (Å²) in [6.07, 6.45) is 2.50. The lowest BCUT2D eigenvalue weighted by molar-refractivity contribution is -0.150. The standard InChI is InChI=1S/C20H26N2O6S/c1-3-10-22(17-9-11-29(26,27)14-17)19(24)13-28-20(25)18(21-15(2)23)12-16-7-5-4-6-8-16/h4-8,12,17H,3,9-11,13-14H2,1-2H3,(H,21,23)/b18-12-/t17-/m0/s1. The van der Waals surface area contributed by atoms with E-state index in [0.717, 1.165) is 0 Å². The van der Waals surface area contributed by atoms with Crippen LogP contribution in [-0.2, 0) is 29.0 Å². The number of ether oxygens (including phenoxy) is 1. The summed E-state index contributed by atoms with van der Waals surface area (Å²) in [5.74, 6) is -1.76. The molecule has 0 saturated carbocycles. The Balaban J connectivity index is 2.06. The molecule has 0 aliphatic carbocycles. The van der Waals surface area contributed by atoms with Crippen LogP contribution in [0.5, 0.6) is 0 Å². The van der Waals surface area contributed by atoms with E-state index in [4.69, 9.17) is 4.74 Å². The van der Waals surface area contributed by atoms with Gasteiger partial charge in [-0.05, 0) is 24.5 Å². The third-order valence-electron chi connectivity index (χ3n) is 4.40. The molecule has 1 aromatic carbocycles. The van der Waals surface area contributed by atoms with Gasteiger partial charge < -0.3 is 15.0 Å². The monoisotopic (exact) mass is 422 g/mol. The molecule has 1 aromatic rings. The fourth-order valence-corrected chi connectivity index (χ4v) is 4.84. The van der Waals surface area contributed by atoms with Crippen LogP contribution in [0.15, 0.2) is 36.0 Å². The van der Waals surface area contributed by atoms with Gasteiger partial charge in [0.25, 0.3) is 5.91 Å². The van der Waals surface area contributed by atoms with E-state index in [2.05, 4.69) is 5.32 Å². The van der Waals surface area contributed by atoms with Crippen molar-refractivity contribution in [3.05, 3.63) is 41.6 Å². The van der Waals surface area contributed by atoms with E-state index in [1.165, 1.54) is 17.9 Å². The van der Waals surface area contributed by atoms with Gasteiger partial charge in [0, 0.05) is 19.5 Å². The molecule has 1 aliphatic heterocycles. The largest absolute Gasteiger partial charge is 0.451 e. The minimum atomic E-state index is -3.14. The molecule has 1 atom stereocenters. The second kappa shape index (κ2) is 10.2. The number of carbonyl (C=O) groups excluding carboxylic acids is 3. The van der Waals surface area contributed by atoms with Gasteiger partial charge in [0.2, 0.25) is 5.91 Å². The lowest BCUT2D eigenvalue weighted by atomic mass is 10.2. The maximum atomic E-state index is 12.6. The Morgan fingerprint density at radius 2 is 1.93 bits per heavy atom. The molecule has 1 heterocycles. The summed E-state index contributed by atoms with van der Waals surface area (Å²) in [5, 5.41) is 2.42. The first kappa shape index (κ1) is 22.6. The summed E-state index contributed by atoms with van der Waals surface area (Å²) in [6, 6.07) is 8.49. The molecule has 0 radical (unpaired) electrons. The van der Waals surface area contributed by atoms with Gasteiger partial charge in [-0.1, -0.05) is 37.3 Å². The van der Waals surface area contributed by atoms with Crippen LogP contribution in [0.2, 0.25) is 0 Å². The number of amides is 2. The summed E-state index contributed by atoms with van der Waals surface area (Å²) in [4.78, 5) is 37.9. The number of esters is 1. The Morgan fingerprint density at radius 3 is 2.48 bits per heavy atom.